The number of fused-ring (bicyclic) bond motifs is 1. The molecule has 1 aliphatic heterocycles. The molecule has 0 spiro atoms. The Morgan fingerprint density at radius 1 is 1.14 bits per heavy atom. The molecule has 2 aromatic rings. The number of carbonyl (C=O) groups excluding carboxylic acids is 4. The van der Waals surface area contributed by atoms with E-state index in [2.05, 4.69) is 5.32 Å². The maximum atomic E-state index is 12.7. The van der Waals surface area contributed by atoms with Gasteiger partial charge in [-0.2, -0.15) is 5.26 Å². The van der Waals surface area contributed by atoms with E-state index >= 15 is 0 Å². The first-order valence-electron chi connectivity index (χ1n) is 8.86. The van der Waals surface area contributed by atoms with E-state index in [1.807, 2.05) is 6.07 Å². The van der Waals surface area contributed by atoms with Crippen LogP contribution in [0.2, 0.25) is 0 Å². The summed E-state index contributed by atoms with van der Waals surface area (Å²) in [5.41, 5.74) is -0.174. The van der Waals surface area contributed by atoms with Crippen molar-refractivity contribution in [2.45, 2.75) is 40.2 Å². The Kier molecular flexibility index (Phi) is 4.63. The van der Waals surface area contributed by atoms with Crippen LogP contribution in [0.15, 0.2) is 22.6 Å². The van der Waals surface area contributed by atoms with E-state index in [0.717, 1.165) is 4.90 Å². The van der Waals surface area contributed by atoms with E-state index in [-0.39, 0.29) is 45.2 Å². The van der Waals surface area contributed by atoms with Crippen molar-refractivity contribution in [3.8, 4) is 6.07 Å². The molecule has 0 bridgehead atoms. The van der Waals surface area contributed by atoms with Crippen molar-refractivity contribution in [1.82, 2.24) is 4.90 Å². The van der Waals surface area contributed by atoms with Gasteiger partial charge < -0.3 is 4.42 Å². The SMILES string of the molecule is CC(=O)c1c(C)oc(NC(=O)c2ccc3c(c2)C(=O)N(C(C)(C)C)C3=O)c1C#N. The summed E-state index contributed by atoms with van der Waals surface area (Å²) >= 11 is 0. The zero-order chi connectivity index (χ0) is 21.7. The van der Waals surface area contributed by atoms with Crippen LogP contribution in [0.1, 0.15) is 80.5 Å². The van der Waals surface area contributed by atoms with Gasteiger partial charge in [0.25, 0.3) is 17.7 Å². The van der Waals surface area contributed by atoms with Crippen molar-refractivity contribution in [3.63, 3.8) is 0 Å². The van der Waals surface area contributed by atoms with E-state index in [9.17, 15) is 24.4 Å². The maximum Gasteiger partial charge on any atom is 0.262 e. The summed E-state index contributed by atoms with van der Waals surface area (Å²) in [7, 11) is 0. The zero-order valence-corrected chi connectivity index (χ0v) is 16.7. The Morgan fingerprint density at radius 2 is 1.76 bits per heavy atom. The third kappa shape index (κ3) is 3.21. The summed E-state index contributed by atoms with van der Waals surface area (Å²) in [6.07, 6.45) is 0. The quantitative estimate of drug-likeness (QED) is 0.631. The topological polar surface area (TPSA) is 120 Å². The van der Waals surface area contributed by atoms with E-state index in [4.69, 9.17) is 4.42 Å². The molecular weight excluding hydrogens is 374 g/mol. The fraction of sp³-hybridized carbons (Fsp3) is 0.286. The number of carbonyl (C=O) groups is 4. The normalized spacial score (nSPS) is 13.3. The zero-order valence-electron chi connectivity index (χ0n) is 16.7. The Hall–Kier alpha value is -3.73. The number of anilines is 1. The summed E-state index contributed by atoms with van der Waals surface area (Å²) in [5.74, 6) is -1.80. The van der Waals surface area contributed by atoms with Crippen LogP contribution in [-0.4, -0.2) is 33.9 Å². The second kappa shape index (κ2) is 6.71. The number of nitrogens with one attached hydrogen (secondary N) is 1. The van der Waals surface area contributed by atoms with Crippen molar-refractivity contribution < 1.29 is 23.6 Å². The van der Waals surface area contributed by atoms with E-state index in [1.54, 1.807) is 20.8 Å². The highest BCUT2D eigenvalue weighted by atomic mass is 16.4. The molecule has 8 nitrogen and oxygen atoms in total. The monoisotopic (exact) mass is 393 g/mol. The fourth-order valence-electron chi connectivity index (χ4n) is 3.33. The molecule has 1 N–H and O–H groups in total. The van der Waals surface area contributed by atoms with Crippen LogP contribution in [0.5, 0.6) is 0 Å². The molecule has 0 fully saturated rings. The largest absolute Gasteiger partial charge is 0.443 e. The number of furan rings is 1. The van der Waals surface area contributed by atoms with Gasteiger partial charge in [-0.05, 0) is 52.8 Å². The van der Waals surface area contributed by atoms with Crippen molar-refractivity contribution in [3.05, 3.63) is 51.8 Å². The van der Waals surface area contributed by atoms with Crippen LogP contribution in [0.3, 0.4) is 0 Å². The molecule has 1 aromatic heterocycles. The third-order valence-corrected chi connectivity index (χ3v) is 4.59. The number of Topliss-reactive ketones (excluding diaryl/α,β-unsaturated/α-hetero) is 1. The minimum Gasteiger partial charge on any atom is -0.443 e. The number of benzene rings is 1. The molecule has 3 amide bonds. The summed E-state index contributed by atoms with van der Waals surface area (Å²) < 4.78 is 5.38. The van der Waals surface area contributed by atoms with Gasteiger partial charge in [-0.15, -0.1) is 0 Å². The van der Waals surface area contributed by atoms with Gasteiger partial charge in [0, 0.05) is 11.1 Å². The molecule has 3 rings (SSSR count). The molecule has 148 valence electrons. The molecule has 0 aliphatic carbocycles. The van der Waals surface area contributed by atoms with Gasteiger partial charge in [-0.25, -0.2) is 0 Å². The van der Waals surface area contributed by atoms with E-state index in [1.165, 1.54) is 32.0 Å². The Morgan fingerprint density at radius 3 is 2.31 bits per heavy atom. The van der Waals surface area contributed by atoms with Gasteiger partial charge in [0.15, 0.2) is 5.78 Å². The maximum absolute atomic E-state index is 12.7. The molecule has 1 aromatic carbocycles. The van der Waals surface area contributed by atoms with Crippen LogP contribution in [0.4, 0.5) is 5.88 Å². The van der Waals surface area contributed by atoms with Crippen LogP contribution < -0.4 is 5.32 Å². The first-order valence-corrected chi connectivity index (χ1v) is 8.86. The first kappa shape index (κ1) is 20.0. The highest BCUT2D eigenvalue weighted by molar-refractivity contribution is 6.22. The predicted octanol–water partition coefficient (Wildman–Crippen LogP) is 3.31. The Bertz CT molecular complexity index is 1130. The molecule has 8 heteroatoms. The summed E-state index contributed by atoms with van der Waals surface area (Å²) in [6, 6.07) is 6.05. The van der Waals surface area contributed by atoms with Crippen LogP contribution in [-0.2, 0) is 0 Å². The van der Waals surface area contributed by atoms with Crippen molar-refractivity contribution >= 4 is 29.4 Å². The summed E-state index contributed by atoms with van der Waals surface area (Å²) in [4.78, 5) is 50.8. The fourth-order valence-corrected chi connectivity index (χ4v) is 3.33. The van der Waals surface area contributed by atoms with Gasteiger partial charge >= 0.3 is 0 Å². The lowest BCUT2D eigenvalue weighted by Crippen LogP contribution is -2.45. The molecule has 0 saturated carbocycles. The minimum atomic E-state index is -0.702. The predicted molar refractivity (Wildman–Crippen MR) is 103 cm³/mol. The first-order chi connectivity index (χ1) is 13.5. The lowest BCUT2D eigenvalue weighted by Gasteiger charge is -2.29. The molecule has 1 aliphatic rings. The molecule has 2 heterocycles. The number of imide groups is 1. The Labute approximate surface area is 167 Å². The van der Waals surface area contributed by atoms with Crippen molar-refractivity contribution in [2.24, 2.45) is 0 Å². The molecule has 0 radical (unpaired) electrons. The number of hydrogen-bond acceptors (Lipinski definition) is 6. The second-order valence-electron chi connectivity index (χ2n) is 7.74. The lowest BCUT2D eigenvalue weighted by molar-refractivity contribution is 0.0507. The van der Waals surface area contributed by atoms with Gasteiger partial charge in [0.2, 0.25) is 5.88 Å². The average molecular weight is 393 g/mol. The van der Waals surface area contributed by atoms with Gasteiger partial charge in [-0.3, -0.25) is 29.4 Å². The van der Waals surface area contributed by atoms with Gasteiger partial charge in [0.05, 0.1) is 16.7 Å². The standard InChI is InChI=1S/C21H19N3O5/c1-10(25)16-11(2)29-18(15(16)9-22)23-17(26)12-6-7-13-14(8-12)20(28)24(19(13)27)21(3,4)5/h6-8H,1-5H3,(H,23,26). The number of rotatable bonds is 3. The highest BCUT2D eigenvalue weighted by Gasteiger charge is 2.42. The molecule has 0 atom stereocenters. The highest BCUT2D eigenvalue weighted by Crippen LogP contribution is 2.31. The summed E-state index contributed by atoms with van der Waals surface area (Å²) in [6.45, 7) is 8.06. The van der Waals surface area contributed by atoms with Crippen molar-refractivity contribution in [2.75, 3.05) is 5.32 Å². The molecular formula is C21H19N3O5. The lowest BCUT2D eigenvalue weighted by atomic mass is 10.0. The summed E-state index contributed by atoms with van der Waals surface area (Å²) in [5, 5.41) is 11.8. The van der Waals surface area contributed by atoms with Gasteiger partial charge in [0.1, 0.15) is 17.4 Å². The number of ketones is 1. The van der Waals surface area contributed by atoms with Crippen LogP contribution >= 0.6 is 0 Å². The van der Waals surface area contributed by atoms with E-state index < -0.39 is 23.3 Å². The van der Waals surface area contributed by atoms with Crippen LogP contribution in [0.25, 0.3) is 0 Å². The second-order valence-corrected chi connectivity index (χ2v) is 7.74. The molecule has 0 unspecified atom stereocenters. The van der Waals surface area contributed by atoms with Crippen molar-refractivity contribution in [1.29, 1.82) is 5.26 Å². The molecule has 29 heavy (non-hydrogen) atoms. The average Bonchev–Trinajstić information content (AvgIpc) is 3.07. The van der Waals surface area contributed by atoms with Gasteiger partial charge in [-0.1, -0.05) is 0 Å². The molecule has 0 saturated heterocycles. The van der Waals surface area contributed by atoms with Crippen LogP contribution in [0, 0.1) is 18.3 Å². The number of nitriles is 1. The smallest absolute Gasteiger partial charge is 0.262 e. The number of amides is 3. The van der Waals surface area contributed by atoms with E-state index in [0.29, 0.717) is 0 Å². The number of nitrogens with zero attached hydrogens (tertiary/aromatic N) is 2. The third-order valence-electron chi connectivity index (χ3n) is 4.59. The Balaban J connectivity index is 1.95. The minimum absolute atomic E-state index is 0.0605. The number of aryl methyl sites for hydroxylation is 1. The number of hydrogen-bond donors (Lipinski definition) is 1.